The van der Waals surface area contributed by atoms with E-state index in [0.29, 0.717) is 0 Å². The zero-order chi connectivity index (χ0) is 8.65. The second-order valence-corrected chi connectivity index (χ2v) is 4.80. The molecule has 62 valence electrons. The van der Waals surface area contributed by atoms with E-state index in [0.717, 1.165) is 5.69 Å². The molecule has 0 amide bonds. The third kappa shape index (κ3) is 1.95. The predicted molar refractivity (Wildman–Crippen MR) is 54.7 cm³/mol. The molecule has 0 saturated heterocycles. The van der Waals surface area contributed by atoms with Crippen LogP contribution in [0.25, 0.3) is 0 Å². The summed E-state index contributed by atoms with van der Waals surface area (Å²) in [5.74, 6) is 0. The van der Waals surface area contributed by atoms with Gasteiger partial charge in [-0.15, -0.1) is 0 Å². The fraction of sp³-hybridized carbons (Fsp3) is 0.625. The van der Waals surface area contributed by atoms with Crippen LogP contribution in [0.1, 0.15) is 26.5 Å². The van der Waals surface area contributed by atoms with Crippen molar-refractivity contribution in [1.82, 2.24) is 9.78 Å². The Kier molecular flexibility index (Phi) is 2.27. The summed E-state index contributed by atoms with van der Waals surface area (Å²) >= 11 is 2.31. The van der Waals surface area contributed by atoms with Gasteiger partial charge in [0.05, 0.1) is 14.9 Å². The topological polar surface area (TPSA) is 17.8 Å². The summed E-state index contributed by atoms with van der Waals surface area (Å²) in [7, 11) is 0. The molecular weight excluding hydrogens is 251 g/mol. The molecule has 3 heteroatoms. The third-order valence-corrected chi connectivity index (χ3v) is 2.19. The molecule has 11 heavy (non-hydrogen) atoms. The second kappa shape index (κ2) is 2.77. The van der Waals surface area contributed by atoms with Gasteiger partial charge in [0, 0.05) is 0 Å². The second-order valence-electron chi connectivity index (χ2n) is 3.69. The minimum atomic E-state index is 0.102. The van der Waals surface area contributed by atoms with Crippen LogP contribution >= 0.6 is 22.6 Å². The monoisotopic (exact) mass is 264 g/mol. The molecule has 0 radical (unpaired) electrons. The lowest BCUT2D eigenvalue weighted by Gasteiger charge is -2.20. The van der Waals surface area contributed by atoms with E-state index in [-0.39, 0.29) is 5.54 Å². The molecule has 0 fully saturated rings. The van der Waals surface area contributed by atoms with E-state index in [1.165, 1.54) is 3.70 Å². The van der Waals surface area contributed by atoms with Gasteiger partial charge < -0.3 is 0 Å². The van der Waals surface area contributed by atoms with Gasteiger partial charge in [0.25, 0.3) is 0 Å². The highest BCUT2D eigenvalue weighted by atomic mass is 127. The summed E-state index contributed by atoms with van der Waals surface area (Å²) in [5.41, 5.74) is 1.19. The molecule has 0 aliphatic carbocycles. The zero-order valence-electron chi connectivity index (χ0n) is 7.35. The zero-order valence-corrected chi connectivity index (χ0v) is 9.51. The quantitative estimate of drug-likeness (QED) is 0.658. The maximum absolute atomic E-state index is 4.39. The fourth-order valence-electron chi connectivity index (χ4n) is 0.938. The third-order valence-electron chi connectivity index (χ3n) is 1.42. The van der Waals surface area contributed by atoms with Crippen molar-refractivity contribution in [2.45, 2.75) is 33.2 Å². The van der Waals surface area contributed by atoms with E-state index in [1.54, 1.807) is 0 Å². The van der Waals surface area contributed by atoms with E-state index in [1.807, 2.05) is 11.6 Å². The van der Waals surface area contributed by atoms with Gasteiger partial charge in [0.1, 0.15) is 0 Å². The summed E-state index contributed by atoms with van der Waals surface area (Å²) in [4.78, 5) is 0. The minimum Gasteiger partial charge on any atom is -0.254 e. The van der Waals surface area contributed by atoms with Crippen LogP contribution in [0.15, 0.2) is 6.07 Å². The lowest BCUT2D eigenvalue weighted by molar-refractivity contribution is 0.346. The first-order chi connectivity index (χ1) is 4.91. The van der Waals surface area contributed by atoms with E-state index in [4.69, 9.17) is 0 Å². The van der Waals surface area contributed by atoms with Gasteiger partial charge in [-0.25, -0.2) is 0 Å². The Morgan fingerprint density at radius 3 is 2.18 bits per heavy atom. The number of hydrogen-bond donors (Lipinski definition) is 0. The van der Waals surface area contributed by atoms with Crippen molar-refractivity contribution in [3.63, 3.8) is 0 Å². The normalized spacial score (nSPS) is 12.1. The molecule has 0 N–H and O–H groups in total. The standard InChI is InChI=1S/C8H13IN2/c1-6-5-7(9)11(10-6)8(2,3)4/h5H,1-4H3. The van der Waals surface area contributed by atoms with Gasteiger partial charge in [-0.3, -0.25) is 4.68 Å². The number of hydrogen-bond acceptors (Lipinski definition) is 1. The maximum Gasteiger partial charge on any atom is 0.0998 e. The molecular formula is C8H13IN2. The SMILES string of the molecule is Cc1cc(I)n(C(C)(C)C)n1. The van der Waals surface area contributed by atoms with Gasteiger partial charge in [0.2, 0.25) is 0 Å². The first kappa shape index (κ1) is 9.03. The van der Waals surface area contributed by atoms with Crippen molar-refractivity contribution in [3.05, 3.63) is 15.5 Å². The smallest absolute Gasteiger partial charge is 0.0998 e. The maximum atomic E-state index is 4.39. The van der Waals surface area contributed by atoms with E-state index in [9.17, 15) is 0 Å². The highest BCUT2D eigenvalue weighted by molar-refractivity contribution is 14.1. The highest BCUT2D eigenvalue weighted by Gasteiger charge is 2.16. The fourth-order valence-corrected chi connectivity index (χ4v) is 2.22. The Hall–Kier alpha value is -0.0600. The van der Waals surface area contributed by atoms with Crippen LogP contribution in [0.2, 0.25) is 0 Å². The summed E-state index contributed by atoms with van der Waals surface area (Å²) < 4.78 is 3.25. The molecule has 0 aliphatic heterocycles. The van der Waals surface area contributed by atoms with E-state index >= 15 is 0 Å². The number of aryl methyl sites for hydroxylation is 1. The van der Waals surface area contributed by atoms with Crippen molar-refractivity contribution in [1.29, 1.82) is 0 Å². The molecule has 0 unspecified atom stereocenters. The molecule has 0 atom stereocenters. The molecule has 1 heterocycles. The Balaban J connectivity index is 3.13. The van der Waals surface area contributed by atoms with Crippen molar-refractivity contribution >= 4 is 22.6 Å². The molecule has 1 aromatic heterocycles. The van der Waals surface area contributed by atoms with E-state index < -0.39 is 0 Å². The van der Waals surface area contributed by atoms with Crippen molar-refractivity contribution < 1.29 is 0 Å². The molecule has 1 rings (SSSR count). The number of nitrogens with zero attached hydrogens (tertiary/aromatic N) is 2. The molecule has 0 saturated carbocycles. The van der Waals surface area contributed by atoms with Crippen LogP contribution in [0.5, 0.6) is 0 Å². The first-order valence-electron chi connectivity index (χ1n) is 3.64. The largest absolute Gasteiger partial charge is 0.254 e. The van der Waals surface area contributed by atoms with Crippen LogP contribution in [0.3, 0.4) is 0 Å². The Morgan fingerprint density at radius 2 is 2.00 bits per heavy atom. The summed E-state index contributed by atoms with van der Waals surface area (Å²) in [6, 6.07) is 2.09. The van der Waals surface area contributed by atoms with Crippen LogP contribution in [-0.2, 0) is 5.54 Å². The van der Waals surface area contributed by atoms with Crippen LogP contribution < -0.4 is 0 Å². The van der Waals surface area contributed by atoms with Gasteiger partial charge in [-0.05, 0) is 56.4 Å². The summed E-state index contributed by atoms with van der Waals surface area (Å²) in [6.45, 7) is 8.48. The molecule has 0 aliphatic rings. The van der Waals surface area contributed by atoms with Crippen LogP contribution in [0.4, 0.5) is 0 Å². The number of rotatable bonds is 0. The Bertz CT molecular complexity index is 258. The number of halogens is 1. The predicted octanol–water partition coefficient (Wildman–Crippen LogP) is 2.55. The van der Waals surface area contributed by atoms with Gasteiger partial charge in [0.15, 0.2) is 0 Å². The summed E-state index contributed by atoms with van der Waals surface area (Å²) in [6.07, 6.45) is 0. The van der Waals surface area contributed by atoms with Gasteiger partial charge >= 0.3 is 0 Å². The van der Waals surface area contributed by atoms with Gasteiger partial charge in [-0.1, -0.05) is 0 Å². The average molecular weight is 264 g/mol. The Morgan fingerprint density at radius 1 is 1.45 bits per heavy atom. The molecule has 0 bridgehead atoms. The first-order valence-corrected chi connectivity index (χ1v) is 4.72. The molecule has 0 spiro atoms. The lowest BCUT2D eigenvalue weighted by Crippen LogP contribution is -2.24. The molecule has 0 aromatic carbocycles. The lowest BCUT2D eigenvalue weighted by atomic mass is 10.1. The minimum absolute atomic E-state index is 0.102. The van der Waals surface area contributed by atoms with Gasteiger partial charge in [-0.2, -0.15) is 5.10 Å². The molecule has 2 nitrogen and oxygen atoms in total. The van der Waals surface area contributed by atoms with Crippen molar-refractivity contribution in [2.24, 2.45) is 0 Å². The Labute approximate surface area is 81.1 Å². The molecule has 1 aromatic rings. The van der Waals surface area contributed by atoms with E-state index in [2.05, 4.69) is 54.5 Å². The van der Waals surface area contributed by atoms with Crippen molar-refractivity contribution in [2.75, 3.05) is 0 Å². The summed E-state index contributed by atoms with van der Waals surface area (Å²) in [5, 5.41) is 4.39. The average Bonchev–Trinajstić information content (AvgIpc) is 2.08. The highest BCUT2D eigenvalue weighted by Crippen LogP contribution is 2.18. The van der Waals surface area contributed by atoms with Crippen LogP contribution in [0, 0.1) is 10.6 Å². The van der Waals surface area contributed by atoms with Crippen LogP contribution in [-0.4, -0.2) is 9.78 Å². The number of aromatic nitrogens is 2. The van der Waals surface area contributed by atoms with Crippen molar-refractivity contribution in [3.8, 4) is 0 Å².